The molecule has 1 aromatic rings. The molecule has 2 amide bonds. The third kappa shape index (κ3) is 4.56. The lowest BCUT2D eigenvalue weighted by Crippen LogP contribution is -2.41. The maximum Gasteiger partial charge on any atom is 0.255 e. The molecule has 0 unspecified atom stereocenters. The second kappa shape index (κ2) is 8.67. The van der Waals surface area contributed by atoms with Crippen LogP contribution in [-0.4, -0.2) is 72.3 Å². The summed E-state index contributed by atoms with van der Waals surface area (Å²) in [4.78, 5) is 30.8. The van der Waals surface area contributed by atoms with Crippen molar-refractivity contribution >= 4 is 39.3 Å². The van der Waals surface area contributed by atoms with Crippen LogP contribution in [0.1, 0.15) is 29.6 Å². The van der Waals surface area contributed by atoms with Crippen LogP contribution in [0, 0.1) is 5.82 Å². The van der Waals surface area contributed by atoms with Gasteiger partial charge in [0.25, 0.3) is 5.91 Å². The van der Waals surface area contributed by atoms with E-state index in [1.54, 1.807) is 4.90 Å². The number of halogens is 3. The number of nitrogens with zero attached hydrogens (tertiary/aromatic N) is 3. The summed E-state index contributed by atoms with van der Waals surface area (Å²) >= 11 is 9.19. The molecule has 5 nitrogen and oxygen atoms in total. The van der Waals surface area contributed by atoms with Crippen molar-refractivity contribution in [2.75, 3.05) is 45.8 Å². The van der Waals surface area contributed by atoms with Gasteiger partial charge in [0.1, 0.15) is 5.82 Å². The van der Waals surface area contributed by atoms with Gasteiger partial charge < -0.3 is 9.80 Å². The second-order valence-electron chi connectivity index (χ2n) is 6.76. The van der Waals surface area contributed by atoms with Gasteiger partial charge in [-0.3, -0.25) is 14.5 Å². The molecule has 0 spiro atoms. The summed E-state index contributed by atoms with van der Waals surface area (Å²) in [5.74, 6) is -0.611. The predicted molar refractivity (Wildman–Crippen MR) is 102 cm³/mol. The molecule has 2 aliphatic rings. The minimum Gasteiger partial charge on any atom is -0.342 e. The molecule has 2 aliphatic heterocycles. The Hall–Kier alpha value is -1.18. The van der Waals surface area contributed by atoms with Crippen molar-refractivity contribution < 1.29 is 14.0 Å². The second-order valence-corrected chi connectivity index (χ2v) is 8.02. The van der Waals surface area contributed by atoms with E-state index in [1.165, 1.54) is 12.1 Å². The smallest absolute Gasteiger partial charge is 0.255 e. The topological polar surface area (TPSA) is 43.9 Å². The SMILES string of the molecule is O=C(CN1CCCN(C(=O)c2cc(F)c(Br)cc2Cl)CC1)N1CCCC1. The summed E-state index contributed by atoms with van der Waals surface area (Å²) in [6, 6.07) is 2.58. The van der Waals surface area contributed by atoms with Gasteiger partial charge in [-0.15, -0.1) is 0 Å². The molecule has 0 aliphatic carbocycles. The Morgan fingerprint density at radius 2 is 1.69 bits per heavy atom. The van der Waals surface area contributed by atoms with Crippen molar-refractivity contribution in [2.45, 2.75) is 19.3 Å². The largest absolute Gasteiger partial charge is 0.342 e. The van der Waals surface area contributed by atoms with Gasteiger partial charge in [0, 0.05) is 39.3 Å². The van der Waals surface area contributed by atoms with Crippen LogP contribution in [0.2, 0.25) is 5.02 Å². The molecular weight excluding hydrogens is 425 g/mol. The molecule has 0 bridgehead atoms. The molecule has 3 rings (SSSR count). The fourth-order valence-corrected chi connectivity index (χ4v) is 4.17. The molecule has 0 radical (unpaired) electrons. The van der Waals surface area contributed by atoms with E-state index in [9.17, 15) is 14.0 Å². The van der Waals surface area contributed by atoms with Crippen molar-refractivity contribution in [1.29, 1.82) is 0 Å². The number of hydrogen-bond acceptors (Lipinski definition) is 3. The number of benzene rings is 1. The first-order chi connectivity index (χ1) is 12.5. The predicted octanol–water partition coefficient (Wildman–Crippen LogP) is 3.01. The van der Waals surface area contributed by atoms with Gasteiger partial charge in [0.05, 0.1) is 21.6 Å². The van der Waals surface area contributed by atoms with E-state index in [1.807, 2.05) is 4.90 Å². The maximum absolute atomic E-state index is 13.8. The molecule has 0 atom stereocenters. The molecule has 2 saturated heterocycles. The van der Waals surface area contributed by atoms with Crippen molar-refractivity contribution in [1.82, 2.24) is 14.7 Å². The van der Waals surface area contributed by atoms with Crippen molar-refractivity contribution in [2.24, 2.45) is 0 Å². The summed E-state index contributed by atoms with van der Waals surface area (Å²) in [7, 11) is 0. The zero-order valence-corrected chi connectivity index (χ0v) is 16.9. The van der Waals surface area contributed by atoms with E-state index in [2.05, 4.69) is 20.8 Å². The van der Waals surface area contributed by atoms with Crippen LogP contribution < -0.4 is 0 Å². The average molecular weight is 447 g/mol. The molecule has 2 fully saturated rings. The highest BCUT2D eigenvalue weighted by atomic mass is 79.9. The summed E-state index contributed by atoms with van der Waals surface area (Å²) in [6.07, 6.45) is 2.94. The lowest BCUT2D eigenvalue weighted by atomic mass is 10.2. The molecule has 142 valence electrons. The Balaban J connectivity index is 1.60. The zero-order valence-electron chi connectivity index (χ0n) is 14.5. The van der Waals surface area contributed by atoms with Crippen molar-refractivity contribution in [3.05, 3.63) is 33.0 Å². The highest BCUT2D eigenvalue weighted by molar-refractivity contribution is 9.10. The van der Waals surface area contributed by atoms with Gasteiger partial charge in [-0.1, -0.05) is 11.6 Å². The molecule has 0 aromatic heterocycles. The lowest BCUT2D eigenvalue weighted by molar-refractivity contribution is -0.131. The van der Waals surface area contributed by atoms with Crippen LogP contribution in [0.15, 0.2) is 16.6 Å². The Bertz CT molecular complexity index is 697. The van der Waals surface area contributed by atoms with E-state index in [4.69, 9.17) is 11.6 Å². The van der Waals surface area contributed by atoms with Gasteiger partial charge >= 0.3 is 0 Å². The highest BCUT2D eigenvalue weighted by Gasteiger charge is 2.25. The monoisotopic (exact) mass is 445 g/mol. The van der Waals surface area contributed by atoms with Crippen LogP contribution in [-0.2, 0) is 4.79 Å². The number of amides is 2. The molecular formula is C18H22BrClFN3O2. The summed E-state index contributed by atoms with van der Waals surface area (Å²) in [5, 5.41) is 0.230. The molecule has 2 heterocycles. The Kier molecular flexibility index (Phi) is 6.53. The quantitative estimate of drug-likeness (QED) is 0.671. The highest BCUT2D eigenvalue weighted by Crippen LogP contribution is 2.26. The Labute approximate surface area is 166 Å². The summed E-state index contributed by atoms with van der Waals surface area (Å²) < 4.78 is 14.0. The number of rotatable bonds is 3. The van der Waals surface area contributed by atoms with E-state index in [0.717, 1.165) is 38.9 Å². The van der Waals surface area contributed by atoms with Crippen LogP contribution >= 0.6 is 27.5 Å². The molecule has 0 saturated carbocycles. The zero-order chi connectivity index (χ0) is 18.7. The van der Waals surface area contributed by atoms with Crippen LogP contribution in [0.25, 0.3) is 0 Å². The molecule has 8 heteroatoms. The van der Waals surface area contributed by atoms with E-state index in [-0.39, 0.29) is 26.9 Å². The van der Waals surface area contributed by atoms with Gasteiger partial charge in [0.2, 0.25) is 5.91 Å². The fraction of sp³-hybridized carbons (Fsp3) is 0.556. The standard InChI is InChI=1S/C18H22BrClFN3O2/c19-14-11-15(20)13(10-16(14)21)18(26)24-7-3-4-22(8-9-24)12-17(25)23-5-1-2-6-23/h10-11H,1-9,12H2. The maximum atomic E-state index is 13.8. The van der Waals surface area contributed by atoms with Gasteiger partial charge in [-0.25, -0.2) is 4.39 Å². The van der Waals surface area contributed by atoms with E-state index >= 15 is 0 Å². The molecule has 0 N–H and O–H groups in total. The van der Waals surface area contributed by atoms with E-state index in [0.29, 0.717) is 26.2 Å². The van der Waals surface area contributed by atoms with Gasteiger partial charge in [0.15, 0.2) is 0 Å². The average Bonchev–Trinajstić information content (AvgIpc) is 3.05. The number of carbonyl (C=O) groups is 2. The fourth-order valence-electron chi connectivity index (χ4n) is 3.45. The van der Waals surface area contributed by atoms with Crippen molar-refractivity contribution in [3.8, 4) is 0 Å². The van der Waals surface area contributed by atoms with Crippen LogP contribution in [0.3, 0.4) is 0 Å². The van der Waals surface area contributed by atoms with Gasteiger partial charge in [-0.2, -0.15) is 0 Å². The van der Waals surface area contributed by atoms with Crippen LogP contribution in [0.4, 0.5) is 4.39 Å². The Morgan fingerprint density at radius 3 is 2.42 bits per heavy atom. The third-order valence-electron chi connectivity index (χ3n) is 4.93. The van der Waals surface area contributed by atoms with E-state index < -0.39 is 5.82 Å². The summed E-state index contributed by atoms with van der Waals surface area (Å²) in [6.45, 7) is 4.57. The number of carbonyl (C=O) groups excluding carboxylic acids is 2. The first-order valence-corrected chi connectivity index (χ1v) is 10.1. The lowest BCUT2D eigenvalue weighted by Gasteiger charge is -2.24. The minimum absolute atomic E-state index is 0.167. The number of hydrogen-bond donors (Lipinski definition) is 0. The van der Waals surface area contributed by atoms with Gasteiger partial charge in [-0.05, 0) is 47.3 Å². The number of likely N-dealkylation sites (tertiary alicyclic amines) is 1. The Morgan fingerprint density at radius 1 is 1.00 bits per heavy atom. The third-order valence-corrected chi connectivity index (χ3v) is 5.85. The minimum atomic E-state index is -0.509. The van der Waals surface area contributed by atoms with Crippen molar-refractivity contribution in [3.63, 3.8) is 0 Å². The first kappa shape index (κ1) is 19.6. The molecule has 26 heavy (non-hydrogen) atoms. The summed E-state index contributed by atoms with van der Waals surface area (Å²) in [5.41, 5.74) is 0.175. The first-order valence-electron chi connectivity index (χ1n) is 8.89. The van der Waals surface area contributed by atoms with Crippen LogP contribution in [0.5, 0.6) is 0 Å². The molecule has 1 aromatic carbocycles. The normalized spacial score (nSPS) is 18.9.